The number of carbonyl (C=O) groups is 1. The molecule has 1 amide bonds. The summed E-state index contributed by atoms with van der Waals surface area (Å²) in [7, 11) is 0. The van der Waals surface area contributed by atoms with Crippen LogP contribution in [0.15, 0.2) is 48.5 Å². The highest BCUT2D eigenvalue weighted by atomic mass is 35.5. The van der Waals surface area contributed by atoms with Crippen molar-refractivity contribution in [2.45, 2.75) is 6.18 Å². The van der Waals surface area contributed by atoms with Crippen LogP contribution in [-0.2, 0) is 6.18 Å². The number of halogens is 4. The maximum absolute atomic E-state index is 12.5. The molecule has 2 aromatic carbocycles. The number of carbonyl (C=O) groups excluding carboxylic acids is 1. The van der Waals surface area contributed by atoms with Crippen molar-refractivity contribution in [1.82, 2.24) is 4.98 Å². The van der Waals surface area contributed by atoms with E-state index in [-0.39, 0.29) is 11.4 Å². The smallest absolute Gasteiger partial charge is 0.349 e. The van der Waals surface area contributed by atoms with E-state index in [9.17, 15) is 18.0 Å². The Hall–Kier alpha value is -2.47. The molecule has 2 N–H and O–H groups in total. The summed E-state index contributed by atoms with van der Waals surface area (Å²) in [4.78, 5) is 15.1. The average Bonchev–Trinajstić information content (AvgIpc) is 2.92. The Balaban J connectivity index is 1.82. The number of hydrogen-bond donors (Lipinski definition) is 2. The van der Waals surface area contributed by atoms with Gasteiger partial charge in [-0.25, -0.2) is 0 Å². The first-order valence-electron chi connectivity index (χ1n) is 6.60. The lowest BCUT2D eigenvalue weighted by atomic mass is 10.2. The van der Waals surface area contributed by atoms with E-state index in [1.165, 1.54) is 12.1 Å². The number of amides is 1. The molecule has 1 heterocycles. The topological polar surface area (TPSA) is 44.9 Å². The van der Waals surface area contributed by atoms with E-state index < -0.39 is 17.6 Å². The van der Waals surface area contributed by atoms with Crippen LogP contribution >= 0.6 is 11.6 Å². The molecular weight excluding hydrogens is 329 g/mol. The van der Waals surface area contributed by atoms with Gasteiger partial charge in [0.15, 0.2) is 0 Å². The zero-order valence-corrected chi connectivity index (χ0v) is 12.3. The summed E-state index contributed by atoms with van der Waals surface area (Å²) in [5, 5.41) is 3.79. The Morgan fingerprint density at radius 1 is 1.09 bits per heavy atom. The van der Waals surface area contributed by atoms with Crippen LogP contribution in [0.4, 0.5) is 18.9 Å². The molecule has 0 fully saturated rings. The highest BCUT2D eigenvalue weighted by molar-refractivity contribution is 6.35. The minimum absolute atomic E-state index is 0.271. The Kier molecular flexibility index (Phi) is 3.77. The molecule has 0 saturated carbocycles. The second-order valence-corrected chi connectivity index (χ2v) is 5.32. The van der Waals surface area contributed by atoms with Crippen LogP contribution in [-0.4, -0.2) is 10.9 Å². The Morgan fingerprint density at radius 3 is 2.39 bits per heavy atom. The quantitative estimate of drug-likeness (QED) is 0.671. The van der Waals surface area contributed by atoms with Crippen LogP contribution in [0.3, 0.4) is 0 Å². The van der Waals surface area contributed by atoms with Gasteiger partial charge in [0.25, 0.3) is 5.91 Å². The van der Waals surface area contributed by atoms with Crippen LogP contribution in [0.1, 0.15) is 16.1 Å². The Labute approximate surface area is 134 Å². The molecule has 7 heteroatoms. The zero-order valence-electron chi connectivity index (χ0n) is 11.5. The van der Waals surface area contributed by atoms with Gasteiger partial charge < -0.3 is 10.3 Å². The summed E-state index contributed by atoms with van der Waals surface area (Å²) in [6.07, 6.45) is -4.41. The zero-order chi connectivity index (χ0) is 16.6. The van der Waals surface area contributed by atoms with Crippen LogP contribution < -0.4 is 5.32 Å². The number of hydrogen-bond acceptors (Lipinski definition) is 1. The van der Waals surface area contributed by atoms with Crippen LogP contribution in [0.25, 0.3) is 10.9 Å². The summed E-state index contributed by atoms with van der Waals surface area (Å²) in [5.74, 6) is -0.461. The molecule has 0 saturated heterocycles. The van der Waals surface area contributed by atoms with Crippen molar-refractivity contribution in [3.63, 3.8) is 0 Å². The highest BCUT2D eigenvalue weighted by Gasteiger charge is 2.30. The first-order chi connectivity index (χ1) is 10.8. The van der Waals surface area contributed by atoms with Gasteiger partial charge >= 0.3 is 6.18 Å². The number of alkyl halides is 3. The third-order valence-corrected chi connectivity index (χ3v) is 3.64. The minimum Gasteiger partial charge on any atom is -0.349 e. The molecule has 1 aromatic heterocycles. The van der Waals surface area contributed by atoms with Crippen LogP contribution in [0, 0.1) is 0 Å². The van der Waals surface area contributed by atoms with E-state index in [0.29, 0.717) is 10.5 Å². The number of H-pyrrole nitrogens is 1. The SMILES string of the molecule is O=C(Nc1ccc(C(F)(F)F)cc1)c1cc2cccc(Cl)c2[nH]1. The first-order valence-corrected chi connectivity index (χ1v) is 6.98. The Morgan fingerprint density at radius 2 is 1.78 bits per heavy atom. The molecule has 118 valence electrons. The van der Waals surface area contributed by atoms with Crippen LogP contribution in [0.2, 0.25) is 5.02 Å². The van der Waals surface area contributed by atoms with E-state index in [1.54, 1.807) is 24.3 Å². The largest absolute Gasteiger partial charge is 0.416 e. The fourth-order valence-corrected chi connectivity index (χ4v) is 2.41. The number of aromatic nitrogens is 1. The monoisotopic (exact) mass is 338 g/mol. The number of aromatic amines is 1. The van der Waals surface area contributed by atoms with Crippen molar-refractivity contribution >= 4 is 34.1 Å². The molecule has 3 nitrogen and oxygen atoms in total. The molecule has 0 unspecified atom stereocenters. The molecule has 0 atom stereocenters. The summed E-state index contributed by atoms with van der Waals surface area (Å²) in [6, 6.07) is 11.1. The van der Waals surface area contributed by atoms with Crippen molar-refractivity contribution in [3.05, 3.63) is 64.8 Å². The standard InChI is InChI=1S/C16H10ClF3N2O/c17-12-3-1-2-9-8-13(22-14(9)12)15(23)21-11-6-4-10(5-7-11)16(18,19)20/h1-8,22H,(H,21,23). The fraction of sp³-hybridized carbons (Fsp3) is 0.0625. The summed E-state index contributed by atoms with van der Waals surface area (Å²) in [5.41, 5.74) is 0.403. The Bertz CT molecular complexity index is 869. The van der Waals surface area contributed by atoms with Gasteiger partial charge in [-0.1, -0.05) is 23.7 Å². The number of para-hydroxylation sites is 1. The molecule has 0 bridgehead atoms. The number of benzene rings is 2. The maximum Gasteiger partial charge on any atom is 0.416 e. The van der Waals surface area contributed by atoms with Crippen molar-refractivity contribution < 1.29 is 18.0 Å². The van der Waals surface area contributed by atoms with Crippen LogP contribution in [0.5, 0.6) is 0 Å². The number of anilines is 1. The molecule has 0 aliphatic carbocycles. The average molecular weight is 339 g/mol. The van der Waals surface area contributed by atoms with Gasteiger partial charge in [-0.15, -0.1) is 0 Å². The second kappa shape index (κ2) is 5.62. The molecule has 0 aliphatic heterocycles. The minimum atomic E-state index is -4.41. The third-order valence-electron chi connectivity index (χ3n) is 3.32. The van der Waals surface area contributed by atoms with E-state index in [2.05, 4.69) is 10.3 Å². The first kappa shape index (κ1) is 15.4. The molecule has 0 spiro atoms. The van der Waals surface area contributed by atoms with Gasteiger partial charge in [0, 0.05) is 11.1 Å². The number of rotatable bonds is 2. The van der Waals surface area contributed by atoms with Gasteiger partial charge in [0.05, 0.1) is 16.1 Å². The molecule has 3 aromatic rings. The molecule has 23 heavy (non-hydrogen) atoms. The van der Waals surface area contributed by atoms with E-state index in [4.69, 9.17) is 11.6 Å². The predicted octanol–water partition coefficient (Wildman–Crippen LogP) is 5.09. The van der Waals surface area contributed by atoms with Crippen molar-refractivity contribution in [3.8, 4) is 0 Å². The van der Waals surface area contributed by atoms with Gasteiger partial charge in [-0.05, 0) is 36.4 Å². The molecular formula is C16H10ClF3N2O. The molecule has 3 rings (SSSR count). The lowest BCUT2D eigenvalue weighted by Gasteiger charge is -2.08. The summed E-state index contributed by atoms with van der Waals surface area (Å²) < 4.78 is 37.5. The normalized spacial score (nSPS) is 11.7. The van der Waals surface area contributed by atoms with E-state index in [0.717, 1.165) is 17.5 Å². The lowest BCUT2D eigenvalue weighted by Crippen LogP contribution is -2.12. The third kappa shape index (κ3) is 3.17. The second-order valence-electron chi connectivity index (χ2n) is 4.92. The summed E-state index contributed by atoms with van der Waals surface area (Å²) in [6.45, 7) is 0. The van der Waals surface area contributed by atoms with Crippen molar-refractivity contribution in [1.29, 1.82) is 0 Å². The van der Waals surface area contributed by atoms with Crippen molar-refractivity contribution in [2.24, 2.45) is 0 Å². The van der Waals surface area contributed by atoms with E-state index >= 15 is 0 Å². The molecule has 0 aliphatic rings. The van der Waals surface area contributed by atoms with E-state index in [1.807, 2.05) is 0 Å². The van der Waals surface area contributed by atoms with Crippen molar-refractivity contribution in [2.75, 3.05) is 5.32 Å². The fourth-order valence-electron chi connectivity index (χ4n) is 2.18. The number of nitrogens with one attached hydrogen (secondary N) is 2. The van der Waals surface area contributed by atoms with Gasteiger partial charge in [0.1, 0.15) is 5.69 Å². The lowest BCUT2D eigenvalue weighted by molar-refractivity contribution is -0.137. The highest BCUT2D eigenvalue weighted by Crippen LogP contribution is 2.30. The number of fused-ring (bicyclic) bond motifs is 1. The van der Waals surface area contributed by atoms with Gasteiger partial charge in [-0.2, -0.15) is 13.2 Å². The molecule has 0 radical (unpaired) electrons. The summed E-state index contributed by atoms with van der Waals surface area (Å²) >= 11 is 6.03. The van der Waals surface area contributed by atoms with Gasteiger partial charge in [0.2, 0.25) is 0 Å². The maximum atomic E-state index is 12.5. The predicted molar refractivity (Wildman–Crippen MR) is 82.7 cm³/mol. The van der Waals surface area contributed by atoms with Gasteiger partial charge in [-0.3, -0.25) is 4.79 Å².